The van der Waals surface area contributed by atoms with Crippen molar-refractivity contribution in [2.24, 2.45) is 4.99 Å². The number of likely N-dealkylation sites (N-methyl/N-ethyl adjacent to an activating group) is 1. The number of guanidine groups is 1. The molecule has 1 aromatic rings. The van der Waals surface area contributed by atoms with Gasteiger partial charge in [-0.3, -0.25) is 9.69 Å². The smallest absolute Gasteiger partial charge is 0.243 e. The highest BCUT2D eigenvalue weighted by Crippen LogP contribution is 2.13. The molecule has 0 radical (unpaired) electrons. The van der Waals surface area contributed by atoms with E-state index in [1.54, 1.807) is 19.0 Å². The lowest BCUT2D eigenvalue weighted by molar-refractivity contribution is -0.127. The number of aliphatic imine (C=N–C) groups is 1. The van der Waals surface area contributed by atoms with Gasteiger partial charge in [-0.2, -0.15) is 0 Å². The van der Waals surface area contributed by atoms with Crippen molar-refractivity contribution in [3.05, 3.63) is 22.4 Å². The Balaban J connectivity index is 0.00000312. The summed E-state index contributed by atoms with van der Waals surface area (Å²) in [5.41, 5.74) is 0. The molecule has 0 aromatic carbocycles. The lowest BCUT2D eigenvalue weighted by Gasteiger charge is -2.37. The molecule has 0 aliphatic carbocycles. The van der Waals surface area contributed by atoms with E-state index in [9.17, 15) is 4.79 Å². The minimum absolute atomic E-state index is 0. The summed E-state index contributed by atoms with van der Waals surface area (Å²) in [5.74, 6) is 0.866. The molecule has 1 amide bonds. The number of carbonyl (C=O) groups excluding carboxylic acids is 1. The Hall–Kier alpha value is -0.870. The molecule has 2 rings (SSSR count). The molecule has 1 saturated heterocycles. The number of hydrogen-bond donors (Lipinski definition) is 1. The molecule has 1 aliphatic rings. The first kappa shape index (κ1) is 22.2. The lowest BCUT2D eigenvalue weighted by atomic mass is 10.3. The van der Waals surface area contributed by atoms with Crippen molar-refractivity contribution in [3.8, 4) is 0 Å². The van der Waals surface area contributed by atoms with Gasteiger partial charge in [0.05, 0.1) is 0 Å². The van der Waals surface area contributed by atoms with Gasteiger partial charge in [-0.05, 0) is 25.3 Å². The Bertz CT molecular complexity index is 539. The highest BCUT2D eigenvalue weighted by molar-refractivity contribution is 14.0. The van der Waals surface area contributed by atoms with Gasteiger partial charge in [0.2, 0.25) is 5.91 Å². The van der Waals surface area contributed by atoms with Crippen LogP contribution in [0.1, 0.15) is 18.7 Å². The topological polar surface area (TPSA) is 51.2 Å². The van der Waals surface area contributed by atoms with Crippen molar-refractivity contribution >= 4 is 47.2 Å². The molecule has 1 aliphatic heterocycles. The van der Waals surface area contributed by atoms with E-state index in [1.165, 1.54) is 4.88 Å². The van der Waals surface area contributed by atoms with Crippen LogP contribution in [0.15, 0.2) is 22.5 Å². The third-order valence-corrected chi connectivity index (χ3v) is 4.77. The van der Waals surface area contributed by atoms with Gasteiger partial charge in [-0.1, -0.05) is 6.07 Å². The Kier molecular flexibility index (Phi) is 9.73. The van der Waals surface area contributed by atoms with E-state index < -0.39 is 0 Å². The second-order valence-corrected chi connectivity index (χ2v) is 7.60. The minimum Gasteiger partial charge on any atom is -0.354 e. The second kappa shape index (κ2) is 11.0. The highest BCUT2D eigenvalue weighted by Gasteiger charge is 2.21. The monoisotopic (exact) mass is 479 g/mol. The number of rotatable bonds is 5. The van der Waals surface area contributed by atoms with Gasteiger partial charge in [-0.15, -0.1) is 35.3 Å². The van der Waals surface area contributed by atoms with Crippen LogP contribution >= 0.6 is 35.3 Å². The number of halogens is 1. The van der Waals surface area contributed by atoms with Crippen LogP contribution < -0.4 is 5.32 Å². The zero-order chi connectivity index (χ0) is 17.5. The molecule has 1 aromatic heterocycles. The average Bonchev–Trinajstić information content (AvgIpc) is 3.04. The van der Waals surface area contributed by atoms with Crippen LogP contribution in [0.4, 0.5) is 0 Å². The number of nitrogens with zero attached hydrogens (tertiary/aromatic N) is 4. The summed E-state index contributed by atoms with van der Waals surface area (Å²) in [7, 11) is 3.52. The van der Waals surface area contributed by atoms with Gasteiger partial charge in [0.15, 0.2) is 5.96 Å². The van der Waals surface area contributed by atoms with Crippen LogP contribution in [0.5, 0.6) is 0 Å². The molecule has 0 atom stereocenters. The van der Waals surface area contributed by atoms with Crippen molar-refractivity contribution < 1.29 is 4.79 Å². The Morgan fingerprint density at radius 3 is 2.52 bits per heavy atom. The van der Waals surface area contributed by atoms with Crippen molar-refractivity contribution in [3.63, 3.8) is 0 Å². The normalized spacial score (nSPS) is 15.9. The van der Waals surface area contributed by atoms with Crippen LogP contribution in [-0.2, 0) is 11.3 Å². The summed E-state index contributed by atoms with van der Waals surface area (Å²) in [6.45, 7) is 9.29. The van der Waals surface area contributed by atoms with Crippen LogP contribution in [-0.4, -0.2) is 79.4 Å². The van der Waals surface area contributed by atoms with Gasteiger partial charge in [0.25, 0.3) is 0 Å². The zero-order valence-corrected chi connectivity index (χ0v) is 18.7. The largest absolute Gasteiger partial charge is 0.354 e. The molecule has 0 unspecified atom stereocenters. The standard InChI is InChI=1S/C17H29N5OS.HI/c1-14(2)19-17(18-12-16(23)20(3)4)22-9-7-21(8-10-22)13-15-6-5-11-24-15;/h5-6,11,14H,7-10,12-13H2,1-4H3,(H,18,19);1H. The molecule has 1 N–H and O–H groups in total. The van der Waals surface area contributed by atoms with E-state index in [2.05, 4.69) is 51.5 Å². The van der Waals surface area contributed by atoms with Crippen molar-refractivity contribution in [2.45, 2.75) is 26.4 Å². The Labute approximate surface area is 172 Å². The molecular weight excluding hydrogens is 449 g/mol. The van der Waals surface area contributed by atoms with Gasteiger partial charge >= 0.3 is 0 Å². The maximum Gasteiger partial charge on any atom is 0.243 e. The predicted molar refractivity (Wildman–Crippen MR) is 116 cm³/mol. The van der Waals surface area contributed by atoms with Gasteiger partial charge in [0.1, 0.15) is 6.54 Å². The number of hydrogen-bond acceptors (Lipinski definition) is 4. The lowest BCUT2D eigenvalue weighted by Crippen LogP contribution is -2.53. The van der Waals surface area contributed by atoms with E-state index in [0.29, 0.717) is 6.04 Å². The quantitative estimate of drug-likeness (QED) is 0.399. The number of amides is 1. The van der Waals surface area contributed by atoms with E-state index in [4.69, 9.17) is 0 Å². The Morgan fingerprint density at radius 2 is 2.00 bits per heavy atom. The van der Waals surface area contributed by atoms with E-state index >= 15 is 0 Å². The average molecular weight is 479 g/mol. The molecular formula is C17H30IN5OS. The SMILES string of the molecule is CC(C)NC(=NCC(=O)N(C)C)N1CCN(Cc2cccs2)CC1.I. The van der Waals surface area contributed by atoms with Crippen molar-refractivity contribution in [1.82, 2.24) is 20.0 Å². The summed E-state index contributed by atoms with van der Waals surface area (Å²) in [6.07, 6.45) is 0. The minimum atomic E-state index is 0. The second-order valence-electron chi connectivity index (χ2n) is 6.57. The van der Waals surface area contributed by atoms with Crippen LogP contribution in [0.2, 0.25) is 0 Å². The molecule has 0 bridgehead atoms. The first-order chi connectivity index (χ1) is 11.5. The summed E-state index contributed by atoms with van der Waals surface area (Å²) in [5, 5.41) is 5.52. The fourth-order valence-corrected chi connectivity index (χ4v) is 3.27. The predicted octanol–water partition coefficient (Wildman–Crippen LogP) is 1.93. The maximum atomic E-state index is 11.8. The molecule has 25 heavy (non-hydrogen) atoms. The Morgan fingerprint density at radius 1 is 1.32 bits per heavy atom. The first-order valence-corrected chi connectivity index (χ1v) is 9.34. The number of nitrogens with one attached hydrogen (secondary N) is 1. The van der Waals surface area contributed by atoms with Gasteiger partial charge in [-0.25, -0.2) is 4.99 Å². The molecule has 1 fully saturated rings. The van der Waals surface area contributed by atoms with E-state index in [0.717, 1.165) is 38.7 Å². The van der Waals surface area contributed by atoms with Crippen LogP contribution in [0.25, 0.3) is 0 Å². The third kappa shape index (κ3) is 7.49. The fourth-order valence-electron chi connectivity index (χ4n) is 2.52. The molecule has 142 valence electrons. The first-order valence-electron chi connectivity index (χ1n) is 8.46. The fraction of sp³-hybridized carbons (Fsp3) is 0.647. The number of carbonyl (C=O) groups is 1. The van der Waals surface area contributed by atoms with Gasteiger partial charge < -0.3 is 15.1 Å². The van der Waals surface area contributed by atoms with E-state index in [-0.39, 0.29) is 36.4 Å². The zero-order valence-electron chi connectivity index (χ0n) is 15.6. The molecule has 8 heteroatoms. The van der Waals surface area contributed by atoms with Gasteiger partial charge in [0, 0.05) is 57.7 Å². The maximum absolute atomic E-state index is 11.8. The third-order valence-electron chi connectivity index (χ3n) is 3.91. The molecule has 0 saturated carbocycles. The van der Waals surface area contributed by atoms with Crippen molar-refractivity contribution in [2.75, 3.05) is 46.8 Å². The summed E-state index contributed by atoms with van der Waals surface area (Å²) >= 11 is 1.81. The number of piperazine rings is 1. The van der Waals surface area contributed by atoms with Crippen LogP contribution in [0, 0.1) is 0 Å². The van der Waals surface area contributed by atoms with Crippen LogP contribution in [0.3, 0.4) is 0 Å². The summed E-state index contributed by atoms with van der Waals surface area (Å²) < 4.78 is 0. The molecule has 2 heterocycles. The molecule has 6 nitrogen and oxygen atoms in total. The highest BCUT2D eigenvalue weighted by atomic mass is 127. The number of thiophene rings is 1. The summed E-state index contributed by atoms with van der Waals surface area (Å²) in [4.78, 5) is 24.1. The summed E-state index contributed by atoms with van der Waals surface area (Å²) in [6, 6.07) is 4.59. The molecule has 0 spiro atoms. The van der Waals surface area contributed by atoms with E-state index in [1.807, 2.05) is 11.3 Å². The van der Waals surface area contributed by atoms with Crippen molar-refractivity contribution in [1.29, 1.82) is 0 Å².